The number of aromatic nitrogens is 3. The first-order chi connectivity index (χ1) is 12.8. The van der Waals surface area contributed by atoms with Crippen LogP contribution in [0.15, 0.2) is 23.4 Å². The van der Waals surface area contributed by atoms with Gasteiger partial charge in [-0.25, -0.2) is 4.79 Å². The van der Waals surface area contributed by atoms with Crippen molar-refractivity contribution in [2.24, 2.45) is 5.73 Å². The summed E-state index contributed by atoms with van der Waals surface area (Å²) in [6.45, 7) is 3.95. The van der Waals surface area contributed by atoms with Gasteiger partial charge in [-0.2, -0.15) is 0 Å². The maximum Gasteiger partial charge on any atom is 0.321 e. The van der Waals surface area contributed by atoms with E-state index in [2.05, 4.69) is 20.8 Å². The number of aryl methyl sites for hydroxylation is 2. The smallest absolute Gasteiger partial charge is 0.321 e. The van der Waals surface area contributed by atoms with E-state index in [4.69, 9.17) is 5.73 Å². The summed E-state index contributed by atoms with van der Waals surface area (Å²) in [4.78, 5) is 34.4. The first kappa shape index (κ1) is 18.9. The Bertz CT molecular complexity index is 894. The zero-order valence-corrected chi connectivity index (χ0v) is 15.8. The van der Waals surface area contributed by atoms with E-state index in [1.165, 1.54) is 11.8 Å². The van der Waals surface area contributed by atoms with Crippen LogP contribution in [0, 0.1) is 13.8 Å². The van der Waals surface area contributed by atoms with Crippen molar-refractivity contribution in [3.63, 3.8) is 0 Å². The number of imide groups is 1. The molecule has 27 heavy (non-hydrogen) atoms. The average molecular weight is 388 g/mol. The fourth-order valence-corrected chi connectivity index (χ4v) is 3.58. The van der Waals surface area contributed by atoms with Gasteiger partial charge in [0.2, 0.25) is 11.8 Å². The van der Waals surface area contributed by atoms with Crippen LogP contribution in [0.25, 0.3) is 5.69 Å². The standard InChI is InChI=1S/C17H20N6O3S/c1-9-3-4-10(2)12(5-9)23-14(21-22-17(23)27-8-13(18)24)6-11-7-15(25)20-16(26)19-11/h3-5,11H,6-8H2,1-2H3,(H2,18,24)(H2,19,20,25,26). The minimum Gasteiger partial charge on any atom is -0.369 e. The number of urea groups is 1. The molecule has 4 N–H and O–H groups in total. The summed E-state index contributed by atoms with van der Waals surface area (Å²) in [5.74, 6) is -0.111. The van der Waals surface area contributed by atoms with Crippen molar-refractivity contribution >= 4 is 29.6 Å². The van der Waals surface area contributed by atoms with E-state index in [1.54, 1.807) is 0 Å². The van der Waals surface area contributed by atoms with Gasteiger partial charge in [0.1, 0.15) is 5.82 Å². The van der Waals surface area contributed by atoms with Gasteiger partial charge in [0, 0.05) is 18.9 Å². The van der Waals surface area contributed by atoms with E-state index in [1.807, 2.05) is 36.6 Å². The molecule has 2 heterocycles. The molecule has 1 saturated heterocycles. The van der Waals surface area contributed by atoms with Crippen LogP contribution in [-0.2, 0) is 16.0 Å². The number of carbonyl (C=O) groups excluding carboxylic acids is 3. The van der Waals surface area contributed by atoms with Gasteiger partial charge in [0.25, 0.3) is 0 Å². The van der Waals surface area contributed by atoms with Gasteiger partial charge < -0.3 is 11.1 Å². The van der Waals surface area contributed by atoms with Gasteiger partial charge in [0.15, 0.2) is 5.16 Å². The maximum atomic E-state index is 11.6. The monoisotopic (exact) mass is 388 g/mol. The fourth-order valence-electron chi connectivity index (χ4n) is 2.88. The molecular formula is C17H20N6O3S. The van der Waals surface area contributed by atoms with Gasteiger partial charge in [-0.15, -0.1) is 10.2 Å². The molecule has 1 atom stereocenters. The number of carbonyl (C=O) groups is 3. The van der Waals surface area contributed by atoms with Crippen LogP contribution in [0.5, 0.6) is 0 Å². The molecule has 0 spiro atoms. The highest BCUT2D eigenvalue weighted by atomic mass is 32.2. The lowest BCUT2D eigenvalue weighted by molar-refractivity contribution is -0.121. The fraction of sp³-hybridized carbons (Fsp3) is 0.353. The Kier molecular flexibility index (Phi) is 5.45. The summed E-state index contributed by atoms with van der Waals surface area (Å²) >= 11 is 1.20. The van der Waals surface area contributed by atoms with Gasteiger partial charge in [-0.1, -0.05) is 23.9 Å². The Morgan fingerprint density at radius 1 is 1.33 bits per heavy atom. The summed E-state index contributed by atoms with van der Waals surface area (Å²) < 4.78 is 1.86. The highest BCUT2D eigenvalue weighted by Gasteiger charge is 2.27. The zero-order chi connectivity index (χ0) is 19.6. The van der Waals surface area contributed by atoms with E-state index < -0.39 is 11.9 Å². The zero-order valence-electron chi connectivity index (χ0n) is 15.0. The highest BCUT2D eigenvalue weighted by Crippen LogP contribution is 2.26. The second kappa shape index (κ2) is 7.78. The number of nitrogens with two attached hydrogens (primary N) is 1. The molecule has 1 aliphatic rings. The van der Waals surface area contributed by atoms with Crippen molar-refractivity contribution in [3.8, 4) is 5.69 Å². The molecule has 2 aromatic rings. The van der Waals surface area contributed by atoms with Crippen LogP contribution in [-0.4, -0.2) is 44.4 Å². The second-order valence-electron chi connectivity index (χ2n) is 6.41. The first-order valence-electron chi connectivity index (χ1n) is 8.37. The number of hydrogen-bond acceptors (Lipinski definition) is 6. The van der Waals surface area contributed by atoms with Crippen LogP contribution in [0.3, 0.4) is 0 Å². The molecule has 3 rings (SSSR count). The van der Waals surface area contributed by atoms with E-state index in [9.17, 15) is 14.4 Å². The topological polar surface area (TPSA) is 132 Å². The van der Waals surface area contributed by atoms with E-state index >= 15 is 0 Å². The van der Waals surface area contributed by atoms with Crippen molar-refractivity contribution in [3.05, 3.63) is 35.2 Å². The van der Waals surface area contributed by atoms with Gasteiger partial charge in [0.05, 0.1) is 11.4 Å². The number of amides is 4. The molecule has 1 aliphatic heterocycles. The minimum atomic E-state index is -0.516. The lowest BCUT2D eigenvalue weighted by Crippen LogP contribution is -2.53. The van der Waals surface area contributed by atoms with Gasteiger partial charge >= 0.3 is 6.03 Å². The third-order valence-corrected chi connectivity index (χ3v) is 5.05. The molecular weight excluding hydrogens is 368 g/mol. The molecule has 0 bridgehead atoms. The number of thioether (sulfide) groups is 1. The van der Waals surface area contributed by atoms with Crippen LogP contribution in [0.2, 0.25) is 0 Å². The third kappa shape index (κ3) is 4.45. The quantitative estimate of drug-likeness (QED) is 0.621. The minimum absolute atomic E-state index is 0.0750. The van der Waals surface area contributed by atoms with E-state index in [0.717, 1.165) is 16.8 Å². The molecule has 4 amide bonds. The van der Waals surface area contributed by atoms with Crippen LogP contribution in [0.1, 0.15) is 23.4 Å². The summed E-state index contributed by atoms with van der Waals surface area (Å²) in [7, 11) is 0. The Morgan fingerprint density at radius 2 is 2.11 bits per heavy atom. The van der Waals surface area contributed by atoms with Crippen LogP contribution >= 0.6 is 11.8 Å². The molecule has 142 valence electrons. The van der Waals surface area contributed by atoms with Gasteiger partial charge in [-0.05, 0) is 31.0 Å². The lowest BCUT2D eigenvalue weighted by atomic mass is 10.1. The first-order valence-corrected chi connectivity index (χ1v) is 9.35. The molecule has 1 aromatic heterocycles. The van der Waals surface area contributed by atoms with Crippen LogP contribution in [0.4, 0.5) is 4.79 Å². The molecule has 0 radical (unpaired) electrons. The molecule has 10 heteroatoms. The van der Waals surface area contributed by atoms with Crippen molar-refractivity contribution in [1.82, 2.24) is 25.4 Å². The van der Waals surface area contributed by atoms with Crippen molar-refractivity contribution in [1.29, 1.82) is 0 Å². The summed E-state index contributed by atoms with van der Waals surface area (Å²) in [6, 6.07) is 5.10. The number of benzene rings is 1. The molecule has 9 nitrogen and oxygen atoms in total. The Labute approximate surface area is 160 Å². The normalized spacial score (nSPS) is 16.7. The number of nitrogens with one attached hydrogen (secondary N) is 2. The predicted octanol–water partition coefficient (Wildman–Crippen LogP) is 0.602. The maximum absolute atomic E-state index is 11.6. The molecule has 1 fully saturated rings. The van der Waals surface area contributed by atoms with E-state index in [0.29, 0.717) is 17.4 Å². The van der Waals surface area contributed by atoms with Crippen LogP contribution < -0.4 is 16.4 Å². The molecule has 0 saturated carbocycles. The third-order valence-electron chi connectivity index (χ3n) is 4.10. The lowest BCUT2D eigenvalue weighted by Gasteiger charge is -2.23. The molecule has 1 unspecified atom stereocenters. The Hall–Kier alpha value is -2.88. The van der Waals surface area contributed by atoms with Crippen molar-refractivity contribution in [2.45, 2.75) is 37.9 Å². The predicted molar refractivity (Wildman–Crippen MR) is 99.5 cm³/mol. The van der Waals surface area contributed by atoms with Gasteiger partial charge in [-0.3, -0.25) is 19.5 Å². The number of hydrogen-bond donors (Lipinski definition) is 3. The number of nitrogens with zero attached hydrogens (tertiary/aromatic N) is 3. The summed E-state index contributed by atoms with van der Waals surface area (Å²) in [5.41, 5.74) is 8.21. The Balaban J connectivity index is 1.98. The summed E-state index contributed by atoms with van der Waals surface area (Å²) in [6.07, 6.45) is 0.492. The summed E-state index contributed by atoms with van der Waals surface area (Å²) in [5, 5.41) is 13.9. The molecule has 0 aliphatic carbocycles. The largest absolute Gasteiger partial charge is 0.369 e. The Morgan fingerprint density at radius 3 is 2.81 bits per heavy atom. The number of rotatable bonds is 6. The van der Waals surface area contributed by atoms with E-state index in [-0.39, 0.29) is 24.1 Å². The number of primary amides is 1. The van der Waals surface area contributed by atoms with Crippen molar-refractivity contribution in [2.75, 3.05) is 5.75 Å². The SMILES string of the molecule is Cc1ccc(C)c(-n2c(CC3CC(=O)NC(=O)N3)nnc2SCC(N)=O)c1. The molecule has 1 aromatic carbocycles. The highest BCUT2D eigenvalue weighted by molar-refractivity contribution is 7.99. The second-order valence-corrected chi connectivity index (χ2v) is 7.35. The average Bonchev–Trinajstić information content (AvgIpc) is 2.96. The van der Waals surface area contributed by atoms with Crippen molar-refractivity contribution < 1.29 is 14.4 Å².